The molecule has 2 heterocycles. The zero-order valence-electron chi connectivity index (χ0n) is 12.2. The van der Waals surface area contributed by atoms with Gasteiger partial charge in [-0.3, -0.25) is 14.9 Å². The third kappa shape index (κ3) is 3.40. The summed E-state index contributed by atoms with van der Waals surface area (Å²) in [5.41, 5.74) is -0.118. The van der Waals surface area contributed by atoms with Crippen LogP contribution in [-0.4, -0.2) is 23.3 Å². The van der Waals surface area contributed by atoms with Crippen LogP contribution in [0.25, 0.3) is 0 Å². The summed E-state index contributed by atoms with van der Waals surface area (Å²) in [7, 11) is 0. The minimum Gasteiger partial charge on any atom is -0.351 e. The normalized spacial score (nSPS) is 14.5. The van der Waals surface area contributed by atoms with Gasteiger partial charge in [0.25, 0.3) is 11.8 Å². The number of benzene rings is 1. The maximum absolute atomic E-state index is 12.5. The number of thiazole rings is 1. The molecular formula is C15H12F3N3O2S. The number of hydrogen-bond acceptors (Lipinski definition) is 4. The van der Waals surface area contributed by atoms with Crippen LogP contribution in [0, 0.1) is 0 Å². The lowest BCUT2D eigenvalue weighted by Crippen LogP contribution is -2.21. The number of aryl methyl sites for hydroxylation is 1. The molecule has 1 aliphatic heterocycles. The number of anilines is 1. The lowest BCUT2D eigenvalue weighted by molar-refractivity contribution is -0.137. The first-order chi connectivity index (χ1) is 11.3. The molecule has 126 valence electrons. The number of carbonyl (C=O) groups excluding carboxylic acids is 2. The van der Waals surface area contributed by atoms with Crippen molar-refractivity contribution in [3.8, 4) is 0 Å². The van der Waals surface area contributed by atoms with Crippen LogP contribution < -0.4 is 10.6 Å². The van der Waals surface area contributed by atoms with Crippen LogP contribution in [0.4, 0.5) is 18.3 Å². The molecule has 0 saturated carbocycles. The molecule has 0 spiro atoms. The predicted octanol–water partition coefficient (Wildman–Crippen LogP) is 3.09. The minimum atomic E-state index is -4.45. The third-order valence-electron chi connectivity index (χ3n) is 3.47. The second-order valence-corrected chi connectivity index (χ2v) is 6.18. The summed E-state index contributed by atoms with van der Waals surface area (Å²) >= 11 is 1.05. The zero-order chi connectivity index (χ0) is 17.3. The van der Waals surface area contributed by atoms with Crippen molar-refractivity contribution in [2.24, 2.45) is 0 Å². The summed E-state index contributed by atoms with van der Waals surface area (Å²) in [6.45, 7) is 0.579. The Morgan fingerprint density at radius 2 is 1.96 bits per heavy atom. The lowest BCUT2D eigenvalue weighted by Gasteiger charge is -2.07. The van der Waals surface area contributed by atoms with Crippen molar-refractivity contribution in [2.75, 3.05) is 11.9 Å². The molecule has 0 aliphatic carbocycles. The highest BCUT2D eigenvalue weighted by Gasteiger charge is 2.30. The number of alkyl halides is 3. The van der Waals surface area contributed by atoms with Crippen molar-refractivity contribution in [1.82, 2.24) is 10.3 Å². The van der Waals surface area contributed by atoms with E-state index in [4.69, 9.17) is 0 Å². The van der Waals surface area contributed by atoms with Gasteiger partial charge in [-0.2, -0.15) is 13.2 Å². The second-order valence-electron chi connectivity index (χ2n) is 5.18. The van der Waals surface area contributed by atoms with Gasteiger partial charge in [0.1, 0.15) is 4.88 Å². The maximum atomic E-state index is 12.5. The van der Waals surface area contributed by atoms with Gasteiger partial charge in [0.15, 0.2) is 5.13 Å². The van der Waals surface area contributed by atoms with Crippen LogP contribution in [0.1, 0.15) is 37.7 Å². The van der Waals surface area contributed by atoms with Gasteiger partial charge in [0.2, 0.25) is 0 Å². The van der Waals surface area contributed by atoms with Gasteiger partial charge >= 0.3 is 6.18 Å². The first-order valence-corrected chi connectivity index (χ1v) is 7.93. The van der Waals surface area contributed by atoms with E-state index in [0.717, 1.165) is 42.0 Å². The Bertz CT molecular complexity index is 784. The number of rotatable bonds is 2. The Morgan fingerprint density at radius 1 is 1.25 bits per heavy atom. The largest absolute Gasteiger partial charge is 0.416 e. The molecule has 2 amide bonds. The monoisotopic (exact) mass is 355 g/mol. The molecule has 0 radical (unpaired) electrons. The second kappa shape index (κ2) is 6.23. The van der Waals surface area contributed by atoms with E-state index in [2.05, 4.69) is 15.6 Å². The highest BCUT2D eigenvalue weighted by Crippen LogP contribution is 2.29. The number of carbonyl (C=O) groups is 2. The summed E-state index contributed by atoms with van der Waals surface area (Å²) in [6.07, 6.45) is -3.06. The zero-order valence-corrected chi connectivity index (χ0v) is 13.1. The van der Waals surface area contributed by atoms with Gasteiger partial charge in [0.05, 0.1) is 11.3 Å². The first kappa shape index (κ1) is 16.4. The molecule has 9 heteroatoms. The van der Waals surface area contributed by atoms with Crippen LogP contribution in [0.3, 0.4) is 0 Å². The highest BCUT2D eigenvalue weighted by molar-refractivity contribution is 7.17. The first-order valence-electron chi connectivity index (χ1n) is 7.11. The standard InChI is InChI=1S/C15H12F3N3O2S/c16-15(17,18)9-5-3-8(4-6-9)12(22)21-14-20-10-2-1-7-19-13(23)11(10)24-14/h3-6H,1-2,7H2,(H,19,23)(H,20,21,22). The Kier molecular flexibility index (Phi) is 4.27. The molecule has 0 bridgehead atoms. The number of halogens is 3. The molecule has 1 aromatic carbocycles. The molecule has 24 heavy (non-hydrogen) atoms. The van der Waals surface area contributed by atoms with E-state index in [-0.39, 0.29) is 16.6 Å². The number of aromatic nitrogens is 1. The lowest BCUT2D eigenvalue weighted by atomic mass is 10.1. The molecule has 3 rings (SSSR count). The Morgan fingerprint density at radius 3 is 2.62 bits per heavy atom. The molecule has 5 nitrogen and oxygen atoms in total. The van der Waals surface area contributed by atoms with E-state index in [9.17, 15) is 22.8 Å². The van der Waals surface area contributed by atoms with Crippen molar-refractivity contribution < 1.29 is 22.8 Å². The summed E-state index contributed by atoms with van der Waals surface area (Å²) in [6, 6.07) is 3.89. The quantitative estimate of drug-likeness (QED) is 0.870. The molecule has 1 aliphatic rings. The summed E-state index contributed by atoms with van der Waals surface area (Å²) in [5, 5.41) is 5.51. The molecule has 2 aromatic rings. The highest BCUT2D eigenvalue weighted by atomic mass is 32.1. The molecule has 0 atom stereocenters. The van der Waals surface area contributed by atoms with Crippen LogP contribution in [-0.2, 0) is 12.6 Å². The smallest absolute Gasteiger partial charge is 0.351 e. The molecule has 0 unspecified atom stereocenters. The average molecular weight is 355 g/mol. The van der Waals surface area contributed by atoms with Crippen molar-refractivity contribution >= 4 is 28.3 Å². The SMILES string of the molecule is O=C(Nc1nc2c(s1)C(=O)NCCC2)c1ccc(C(F)(F)F)cc1. The van der Waals surface area contributed by atoms with Crippen LogP contribution in [0.2, 0.25) is 0 Å². The average Bonchev–Trinajstić information content (AvgIpc) is 2.85. The Balaban J connectivity index is 1.76. The van der Waals surface area contributed by atoms with Gasteiger partial charge in [0, 0.05) is 12.1 Å². The molecule has 0 fully saturated rings. The number of nitrogens with one attached hydrogen (secondary N) is 2. The van der Waals surface area contributed by atoms with E-state index in [1.165, 1.54) is 0 Å². The molecule has 1 aromatic heterocycles. The number of fused-ring (bicyclic) bond motifs is 1. The van der Waals surface area contributed by atoms with Gasteiger partial charge in [-0.05, 0) is 37.1 Å². The molecule has 0 saturated heterocycles. The maximum Gasteiger partial charge on any atom is 0.416 e. The number of amides is 2. The van der Waals surface area contributed by atoms with E-state index in [0.29, 0.717) is 23.5 Å². The summed E-state index contributed by atoms with van der Waals surface area (Å²) < 4.78 is 37.6. The molecular weight excluding hydrogens is 343 g/mol. The van der Waals surface area contributed by atoms with Gasteiger partial charge in [-0.25, -0.2) is 4.98 Å². The van der Waals surface area contributed by atoms with Crippen molar-refractivity contribution in [1.29, 1.82) is 0 Å². The number of nitrogens with zero attached hydrogens (tertiary/aromatic N) is 1. The summed E-state index contributed by atoms with van der Waals surface area (Å²) in [4.78, 5) is 28.6. The van der Waals surface area contributed by atoms with Crippen molar-refractivity contribution in [2.45, 2.75) is 19.0 Å². The predicted molar refractivity (Wildman–Crippen MR) is 82.2 cm³/mol. The number of hydrogen-bond donors (Lipinski definition) is 2. The summed E-state index contributed by atoms with van der Waals surface area (Å²) in [5.74, 6) is -0.803. The van der Waals surface area contributed by atoms with Gasteiger partial charge < -0.3 is 5.32 Å². The van der Waals surface area contributed by atoms with Crippen molar-refractivity contribution in [3.63, 3.8) is 0 Å². The van der Waals surface area contributed by atoms with Crippen LogP contribution in [0.5, 0.6) is 0 Å². The van der Waals surface area contributed by atoms with E-state index in [1.54, 1.807) is 0 Å². The van der Waals surface area contributed by atoms with Gasteiger partial charge in [-0.1, -0.05) is 11.3 Å². The fourth-order valence-electron chi connectivity index (χ4n) is 2.27. The Labute approximate surface area is 138 Å². The van der Waals surface area contributed by atoms with Crippen LogP contribution >= 0.6 is 11.3 Å². The van der Waals surface area contributed by atoms with Crippen LogP contribution in [0.15, 0.2) is 24.3 Å². The minimum absolute atomic E-state index is 0.0813. The van der Waals surface area contributed by atoms with E-state index in [1.807, 2.05) is 0 Å². The molecule has 2 N–H and O–H groups in total. The van der Waals surface area contributed by atoms with Crippen molar-refractivity contribution in [3.05, 3.63) is 46.0 Å². The Hall–Kier alpha value is -2.42. The topological polar surface area (TPSA) is 71.1 Å². The fraction of sp³-hybridized carbons (Fsp3) is 0.267. The third-order valence-corrected chi connectivity index (χ3v) is 4.49. The van der Waals surface area contributed by atoms with Gasteiger partial charge in [-0.15, -0.1) is 0 Å². The van der Waals surface area contributed by atoms with E-state index >= 15 is 0 Å². The van der Waals surface area contributed by atoms with E-state index < -0.39 is 17.6 Å². The fourth-order valence-corrected chi connectivity index (χ4v) is 3.19.